The predicted molar refractivity (Wildman–Crippen MR) is 64.0 cm³/mol. The quantitative estimate of drug-likeness (QED) is 0.777. The van der Waals surface area contributed by atoms with E-state index in [-0.39, 0.29) is 5.54 Å². The number of hydrogen-bond acceptors (Lipinski definition) is 2. The molecule has 1 aromatic heterocycles. The van der Waals surface area contributed by atoms with Gasteiger partial charge >= 0.3 is 0 Å². The minimum atomic E-state index is -0.163. The fourth-order valence-corrected chi connectivity index (χ4v) is 3.16. The summed E-state index contributed by atoms with van der Waals surface area (Å²) in [5.41, 5.74) is 10.4. The van der Waals surface area contributed by atoms with Crippen molar-refractivity contribution in [3.05, 3.63) is 57.8 Å². The number of benzene rings is 1. The van der Waals surface area contributed by atoms with Gasteiger partial charge in [-0.25, -0.2) is 0 Å². The molecule has 0 saturated carbocycles. The Morgan fingerprint density at radius 3 is 2.27 bits per heavy atom. The number of fused-ring (bicyclic) bond motifs is 1. The van der Waals surface area contributed by atoms with Crippen molar-refractivity contribution in [1.29, 1.82) is 0 Å². The summed E-state index contributed by atoms with van der Waals surface area (Å²) in [6.45, 7) is 0. The molecule has 0 amide bonds. The topological polar surface area (TPSA) is 26.0 Å². The van der Waals surface area contributed by atoms with Crippen molar-refractivity contribution in [3.63, 3.8) is 0 Å². The second-order valence-electron chi connectivity index (χ2n) is 4.29. The van der Waals surface area contributed by atoms with Crippen molar-refractivity contribution in [2.75, 3.05) is 0 Å². The molecule has 0 atom stereocenters. The SMILES string of the molecule is NC1(c2ccsc2)Cc2ccccc2C1. The Kier molecular flexibility index (Phi) is 1.94. The third kappa shape index (κ3) is 1.41. The van der Waals surface area contributed by atoms with Crippen molar-refractivity contribution in [2.45, 2.75) is 18.4 Å². The first-order valence-corrected chi connectivity index (χ1v) is 6.11. The van der Waals surface area contributed by atoms with Gasteiger partial charge in [-0.2, -0.15) is 11.3 Å². The summed E-state index contributed by atoms with van der Waals surface area (Å²) >= 11 is 1.72. The fourth-order valence-electron chi connectivity index (χ4n) is 2.40. The second kappa shape index (κ2) is 3.19. The molecule has 0 unspecified atom stereocenters. The van der Waals surface area contributed by atoms with Gasteiger partial charge in [-0.05, 0) is 46.4 Å². The molecule has 1 aliphatic carbocycles. The normalized spacial score (nSPS) is 17.7. The maximum absolute atomic E-state index is 6.48. The average molecular weight is 215 g/mol. The molecule has 0 aliphatic heterocycles. The molecular weight excluding hydrogens is 202 g/mol. The standard InChI is InChI=1S/C13H13NS/c14-13(12-5-6-15-9-12)7-10-3-1-2-4-11(10)8-13/h1-6,9H,7-8,14H2. The van der Waals surface area contributed by atoms with Gasteiger partial charge in [0.05, 0.1) is 0 Å². The third-order valence-corrected chi connectivity index (χ3v) is 3.91. The van der Waals surface area contributed by atoms with Gasteiger partial charge in [0.1, 0.15) is 0 Å². The van der Waals surface area contributed by atoms with Gasteiger partial charge in [-0.1, -0.05) is 24.3 Å². The zero-order valence-corrected chi connectivity index (χ0v) is 9.26. The highest BCUT2D eigenvalue weighted by atomic mass is 32.1. The van der Waals surface area contributed by atoms with Crippen LogP contribution in [0.2, 0.25) is 0 Å². The van der Waals surface area contributed by atoms with Gasteiger partial charge in [-0.15, -0.1) is 0 Å². The highest BCUT2D eigenvalue weighted by molar-refractivity contribution is 7.08. The van der Waals surface area contributed by atoms with E-state index in [1.165, 1.54) is 16.7 Å². The molecule has 0 radical (unpaired) electrons. The van der Waals surface area contributed by atoms with E-state index < -0.39 is 0 Å². The molecule has 1 aliphatic rings. The van der Waals surface area contributed by atoms with E-state index in [0.717, 1.165) is 12.8 Å². The molecule has 0 spiro atoms. The van der Waals surface area contributed by atoms with Crippen LogP contribution in [0.15, 0.2) is 41.1 Å². The largest absolute Gasteiger partial charge is 0.321 e. The number of rotatable bonds is 1. The van der Waals surface area contributed by atoms with E-state index in [9.17, 15) is 0 Å². The highest BCUT2D eigenvalue weighted by Gasteiger charge is 2.34. The zero-order chi connectivity index (χ0) is 10.3. The van der Waals surface area contributed by atoms with E-state index in [0.29, 0.717) is 0 Å². The van der Waals surface area contributed by atoms with E-state index in [1.54, 1.807) is 11.3 Å². The molecule has 1 nitrogen and oxygen atoms in total. The first-order valence-electron chi connectivity index (χ1n) is 5.16. The summed E-state index contributed by atoms with van der Waals surface area (Å²) in [6, 6.07) is 10.7. The molecule has 15 heavy (non-hydrogen) atoms. The summed E-state index contributed by atoms with van der Waals surface area (Å²) in [7, 11) is 0. The monoisotopic (exact) mass is 215 g/mol. The highest BCUT2D eigenvalue weighted by Crippen LogP contribution is 2.36. The van der Waals surface area contributed by atoms with Crippen LogP contribution in [0.4, 0.5) is 0 Å². The number of hydrogen-bond donors (Lipinski definition) is 1. The van der Waals surface area contributed by atoms with Gasteiger partial charge in [0.2, 0.25) is 0 Å². The Morgan fingerprint density at radius 2 is 1.73 bits per heavy atom. The lowest BCUT2D eigenvalue weighted by atomic mass is 9.90. The van der Waals surface area contributed by atoms with Crippen LogP contribution >= 0.6 is 11.3 Å². The molecule has 0 saturated heterocycles. The van der Waals surface area contributed by atoms with Crippen LogP contribution in [0.25, 0.3) is 0 Å². The molecule has 2 heteroatoms. The Morgan fingerprint density at radius 1 is 1.07 bits per heavy atom. The van der Waals surface area contributed by atoms with Crippen LogP contribution in [0.3, 0.4) is 0 Å². The van der Waals surface area contributed by atoms with E-state index in [2.05, 4.69) is 41.1 Å². The van der Waals surface area contributed by atoms with Crippen LogP contribution < -0.4 is 5.73 Å². The molecule has 2 N–H and O–H groups in total. The first-order chi connectivity index (χ1) is 7.28. The van der Waals surface area contributed by atoms with E-state index >= 15 is 0 Å². The fraction of sp³-hybridized carbons (Fsp3) is 0.231. The van der Waals surface area contributed by atoms with Gasteiger partial charge < -0.3 is 5.73 Å². The summed E-state index contributed by atoms with van der Waals surface area (Å²) in [4.78, 5) is 0. The molecular formula is C13H13NS. The van der Waals surface area contributed by atoms with Crippen LogP contribution in [-0.4, -0.2) is 0 Å². The van der Waals surface area contributed by atoms with E-state index in [1.807, 2.05) is 0 Å². The lowest BCUT2D eigenvalue weighted by Gasteiger charge is -2.22. The minimum Gasteiger partial charge on any atom is -0.321 e. The zero-order valence-electron chi connectivity index (χ0n) is 8.44. The van der Waals surface area contributed by atoms with Crippen molar-refractivity contribution >= 4 is 11.3 Å². The van der Waals surface area contributed by atoms with Crippen LogP contribution in [-0.2, 0) is 18.4 Å². The number of thiophene rings is 1. The Balaban J connectivity index is 2.01. The smallest absolute Gasteiger partial charge is 0.0499 e. The molecule has 1 aromatic carbocycles. The maximum atomic E-state index is 6.48. The lowest BCUT2D eigenvalue weighted by molar-refractivity contribution is 0.475. The lowest BCUT2D eigenvalue weighted by Crippen LogP contribution is -2.36. The predicted octanol–water partition coefficient (Wildman–Crippen LogP) is 2.70. The van der Waals surface area contributed by atoms with Gasteiger partial charge in [0.15, 0.2) is 0 Å². The Bertz CT molecular complexity index is 448. The third-order valence-electron chi connectivity index (χ3n) is 3.23. The van der Waals surface area contributed by atoms with Crippen molar-refractivity contribution in [2.24, 2.45) is 5.73 Å². The summed E-state index contributed by atoms with van der Waals surface area (Å²) < 4.78 is 0. The molecule has 0 bridgehead atoms. The summed E-state index contributed by atoms with van der Waals surface area (Å²) in [5, 5.41) is 4.28. The van der Waals surface area contributed by atoms with Crippen molar-refractivity contribution < 1.29 is 0 Å². The van der Waals surface area contributed by atoms with Crippen LogP contribution in [0, 0.1) is 0 Å². The van der Waals surface area contributed by atoms with Crippen molar-refractivity contribution in [3.8, 4) is 0 Å². The van der Waals surface area contributed by atoms with Crippen molar-refractivity contribution in [1.82, 2.24) is 0 Å². The van der Waals surface area contributed by atoms with Crippen LogP contribution in [0.1, 0.15) is 16.7 Å². The number of nitrogens with two attached hydrogens (primary N) is 1. The Labute approximate surface area is 93.6 Å². The van der Waals surface area contributed by atoms with E-state index in [4.69, 9.17) is 5.73 Å². The summed E-state index contributed by atoms with van der Waals surface area (Å²) in [5.74, 6) is 0. The Hall–Kier alpha value is -1.12. The molecule has 0 fully saturated rings. The van der Waals surface area contributed by atoms with Gasteiger partial charge in [-0.3, -0.25) is 0 Å². The average Bonchev–Trinajstić information content (AvgIpc) is 2.83. The molecule has 2 aromatic rings. The maximum Gasteiger partial charge on any atom is 0.0499 e. The minimum absolute atomic E-state index is 0.163. The second-order valence-corrected chi connectivity index (χ2v) is 5.07. The van der Waals surface area contributed by atoms with Crippen LogP contribution in [0.5, 0.6) is 0 Å². The molecule has 3 rings (SSSR count). The summed E-state index contributed by atoms with van der Waals surface area (Å²) in [6.07, 6.45) is 1.94. The van der Waals surface area contributed by atoms with Gasteiger partial charge in [0.25, 0.3) is 0 Å². The van der Waals surface area contributed by atoms with Gasteiger partial charge in [0, 0.05) is 5.54 Å². The molecule has 76 valence electrons. The first kappa shape index (κ1) is 9.13. The molecule has 1 heterocycles.